The maximum absolute atomic E-state index is 13.9. The third-order valence-corrected chi connectivity index (χ3v) is 26.2. The van der Waals surface area contributed by atoms with E-state index in [0.29, 0.717) is 18.6 Å². The van der Waals surface area contributed by atoms with Crippen LogP contribution in [0.1, 0.15) is 509 Å². The Labute approximate surface area is 690 Å². The molecule has 112 heavy (non-hydrogen) atoms. The number of esters is 1. The maximum Gasteiger partial charge on any atom is 0.311 e. The van der Waals surface area contributed by atoms with Crippen LogP contribution in [0.2, 0.25) is 0 Å². The third kappa shape index (κ3) is 55.5. The molecular weight excluding hydrogens is 1400 g/mol. The molecule has 1 aliphatic carbocycles. The Morgan fingerprint density at radius 2 is 0.580 bits per heavy atom. The summed E-state index contributed by atoms with van der Waals surface area (Å²) in [6.45, 7) is 5.54. The minimum absolute atomic E-state index is 0.268. The van der Waals surface area contributed by atoms with Gasteiger partial charge in [-0.25, -0.2) is 0 Å². The molecule has 8 N–H and O–H groups in total. The fourth-order valence-corrected chi connectivity index (χ4v) is 18.1. The molecule has 3 aliphatic rings. The van der Waals surface area contributed by atoms with Crippen LogP contribution < -0.4 is 0 Å². The Bertz CT molecular complexity index is 2030. The van der Waals surface area contributed by atoms with Crippen LogP contribution in [-0.4, -0.2) is 133 Å². The molecule has 15 unspecified atom stereocenters. The highest BCUT2D eigenvalue weighted by Gasteiger charge is 2.50. The summed E-state index contributed by atoms with van der Waals surface area (Å²) in [5, 5.41) is 84.6. The molecule has 0 aromatic rings. The Morgan fingerprint density at radius 1 is 0.321 bits per heavy atom. The molecular formula is C98H188O14. The second kappa shape index (κ2) is 74.7. The summed E-state index contributed by atoms with van der Waals surface area (Å²) in [6.07, 6.45) is 81.6. The number of aliphatic hydroxyl groups is 8. The van der Waals surface area contributed by atoms with Crippen LogP contribution in [0.25, 0.3) is 0 Å². The Kier molecular flexibility index (Phi) is 70.0. The van der Waals surface area contributed by atoms with E-state index in [0.717, 1.165) is 76.0 Å². The van der Waals surface area contributed by atoms with Crippen LogP contribution in [0.15, 0.2) is 0 Å². The molecule has 0 aromatic carbocycles. The van der Waals surface area contributed by atoms with E-state index in [-0.39, 0.29) is 5.92 Å². The summed E-state index contributed by atoms with van der Waals surface area (Å²) in [4.78, 5) is 26.6. The summed E-state index contributed by atoms with van der Waals surface area (Å²) < 4.78 is 22.5. The zero-order valence-electron chi connectivity index (χ0n) is 73.8. The lowest BCUT2D eigenvalue weighted by Gasteiger charge is -2.44. The number of hydrogen-bond acceptors (Lipinski definition) is 14. The first-order valence-corrected chi connectivity index (χ1v) is 49.9. The molecule has 2 saturated heterocycles. The van der Waals surface area contributed by atoms with Crippen molar-refractivity contribution < 1.29 is 69.4 Å². The maximum atomic E-state index is 13.9. The number of ketones is 1. The van der Waals surface area contributed by atoms with Crippen LogP contribution in [0.3, 0.4) is 0 Å². The SMILES string of the molecule is CCCCCCCCCCCCCCCCCCCCCCCCC(C(=O)OCC1OC(OC2OC(CO)C(O)C(O)C2O)C(O)C(O)C1O)C(O)CCCCCCCCCCCCCCCCCCCC1CC1CCCCCCCCCCCCCCCCC(=O)C(C)CCCCCCCCCCCCCCCCCC. The quantitative estimate of drug-likeness (QED) is 0.0209. The number of hydrogen-bond donors (Lipinski definition) is 8. The standard InChI is InChI=1S/C98H188O14/c1-4-6-8-10-12-14-16-18-20-22-23-24-25-26-29-33-40-46-52-58-64-70-76-85(96(108)109-81-89-91(103)93(105)95(107)98(111-89)112-97-94(106)92(104)90(102)88(80-99)110-97)87(101)78-72-66-60-54-48-42-34-30-27-28-32-38-44-50-56-62-68-74-83-79-84(83)75-69-63-57-51-45-39-35-36-41-47-53-59-65-71-77-86(100)82(3)73-67-61-55-49-43-37-31-21-19-17-15-13-11-9-7-5-2/h82-85,87-95,97-99,101-107H,4-81H2,1-3H3. The highest BCUT2D eigenvalue weighted by atomic mass is 16.8. The molecule has 0 amide bonds. The summed E-state index contributed by atoms with van der Waals surface area (Å²) >= 11 is 0. The van der Waals surface area contributed by atoms with E-state index in [1.807, 2.05) is 0 Å². The Hall–Kier alpha value is -1.30. The van der Waals surface area contributed by atoms with E-state index in [9.17, 15) is 50.4 Å². The first-order valence-electron chi connectivity index (χ1n) is 49.9. The second-order valence-corrected chi connectivity index (χ2v) is 36.7. The molecule has 14 heteroatoms. The lowest BCUT2D eigenvalue weighted by molar-refractivity contribution is -0.376. The van der Waals surface area contributed by atoms with Gasteiger partial charge >= 0.3 is 5.97 Å². The highest BCUT2D eigenvalue weighted by molar-refractivity contribution is 5.80. The lowest BCUT2D eigenvalue weighted by atomic mass is 9.91. The lowest BCUT2D eigenvalue weighted by Crippen LogP contribution is -2.63. The molecule has 3 rings (SSSR count). The molecule has 0 bridgehead atoms. The van der Waals surface area contributed by atoms with E-state index >= 15 is 0 Å². The first kappa shape index (κ1) is 105. The van der Waals surface area contributed by atoms with Gasteiger partial charge in [0.2, 0.25) is 0 Å². The largest absolute Gasteiger partial charge is 0.463 e. The molecule has 3 fully saturated rings. The zero-order valence-corrected chi connectivity index (χ0v) is 73.8. The van der Waals surface area contributed by atoms with Gasteiger partial charge in [-0.15, -0.1) is 0 Å². The summed E-state index contributed by atoms with van der Waals surface area (Å²) in [5.74, 6) is 1.47. The molecule has 664 valence electrons. The first-order chi connectivity index (χ1) is 54.8. The average molecular weight is 1590 g/mol. The van der Waals surface area contributed by atoms with E-state index in [1.165, 1.54) is 411 Å². The van der Waals surface area contributed by atoms with Crippen molar-refractivity contribution in [2.45, 2.75) is 576 Å². The predicted octanol–water partition coefficient (Wildman–Crippen LogP) is 25.3. The molecule has 14 nitrogen and oxygen atoms in total. The van der Waals surface area contributed by atoms with Crippen LogP contribution >= 0.6 is 0 Å². The number of unbranched alkanes of at least 4 members (excludes halogenated alkanes) is 65. The summed E-state index contributed by atoms with van der Waals surface area (Å²) in [7, 11) is 0. The number of rotatable bonds is 85. The fraction of sp³-hybridized carbons (Fsp3) is 0.980. The molecule has 1 saturated carbocycles. The molecule has 2 heterocycles. The fourth-order valence-electron chi connectivity index (χ4n) is 18.1. The minimum atomic E-state index is -1.83. The van der Waals surface area contributed by atoms with E-state index in [4.69, 9.17) is 18.9 Å². The average Bonchev–Trinajstić information content (AvgIpc) is 1.19. The third-order valence-electron chi connectivity index (χ3n) is 26.2. The summed E-state index contributed by atoms with van der Waals surface area (Å²) in [6, 6.07) is 0. The number of carbonyl (C=O) groups is 2. The van der Waals surface area contributed by atoms with Crippen molar-refractivity contribution >= 4 is 11.8 Å². The van der Waals surface area contributed by atoms with Gasteiger partial charge in [0.1, 0.15) is 61.2 Å². The number of carbonyl (C=O) groups excluding carboxylic acids is 2. The van der Waals surface area contributed by atoms with Crippen molar-refractivity contribution in [2.75, 3.05) is 13.2 Å². The van der Waals surface area contributed by atoms with Gasteiger partial charge in [-0.2, -0.15) is 0 Å². The number of ether oxygens (including phenoxy) is 4. The van der Waals surface area contributed by atoms with Gasteiger partial charge in [0.25, 0.3) is 0 Å². The van der Waals surface area contributed by atoms with Gasteiger partial charge in [0.15, 0.2) is 12.6 Å². The number of aliphatic hydroxyl groups excluding tert-OH is 8. The zero-order chi connectivity index (χ0) is 80.8. The molecule has 0 radical (unpaired) electrons. The van der Waals surface area contributed by atoms with Gasteiger partial charge in [-0.3, -0.25) is 9.59 Å². The van der Waals surface area contributed by atoms with E-state index < -0.39 is 92.6 Å². The second-order valence-electron chi connectivity index (χ2n) is 36.7. The van der Waals surface area contributed by atoms with Crippen molar-refractivity contribution in [1.82, 2.24) is 0 Å². The van der Waals surface area contributed by atoms with Crippen molar-refractivity contribution in [3.8, 4) is 0 Å². The minimum Gasteiger partial charge on any atom is -0.463 e. The van der Waals surface area contributed by atoms with Gasteiger partial charge in [0.05, 0.1) is 18.6 Å². The van der Waals surface area contributed by atoms with Crippen molar-refractivity contribution in [1.29, 1.82) is 0 Å². The smallest absolute Gasteiger partial charge is 0.311 e. The van der Waals surface area contributed by atoms with Crippen molar-refractivity contribution in [3.05, 3.63) is 0 Å². The van der Waals surface area contributed by atoms with Gasteiger partial charge in [-0.1, -0.05) is 470 Å². The Morgan fingerprint density at radius 3 is 0.893 bits per heavy atom. The normalized spacial score (nSPS) is 22.7. The van der Waals surface area contributed by atoms with Crippen molar-refractivity contribution in [2.24, 2.45) is 23.7 Å². The topological polar surface area (TPSA) is 233 Å². The summed E-state index contributed by atoms with van der Waals surface area (Å²) in [5.41, 5.74) is 0. The van der Waals surface area contributed by atoms with E-state index in [1.54, 1.807) is 0 Å². The van der Waals surface area contributed by atoms with E-state index in [2.05, 4.69) is 20.8 Å². The van der Waals surface area contributed by atoms with Crippen LogP contribution in [0.5, 0.6) is 0 Å². The molecule has 0 spiro atoms. The van der Waals surface area contributed by atoms with Gasteiger partial charge in [-0.05, 0) is 43.9 Å². The van der Waals surface area contributed by atoms with Gasteiger partial charge in [0, 0.05) is 12.3 Å². The predicted molar refractivity (Wildman–Crippen MR) is 465 cm³/mol. The van der Waals surface area contributed by atoms with Crippen molar-refractivity contribution in [3.63, 3.8) is 0 Å². The number of Topliss-reactive ketones (excluding diaryl/α,β-unsaturated/α-hetero) is 1. The van der Waals surface area contributed by atoms with Crippen LogP contribution in [0, 0.1) is 23.7 Å². The van der Waals surface area contributed by atoms with Crippen LogP contribution in [0.4, 0.5) is 0 Å². The van der Waals surface area contributed by atoms with Crippen LogP contribution in [-0.2, 0) is 28.5 Å². The molecule has 2 aliphatic heterocycles. The monoisotopic (exact) mass is 1590 g/mol. The van der Waals surface area contributed by atoms with Gasteiger partial charge < -0.3 is 59.8 Å². The Balaban J connectivity index is 1.11. The highest BCUT2D eigenvalue weighted by Crippen LogP contribution is 2.46. The molecule has 15 atom stereocenters. The molecule has 0 aromatic heterocycles.